The summed E-state index contributed by atoms with van der Waals surface area (Å²) < 4.78 is 15.8. The van der Waals surface area contributed by atoms with Gasteiger partial charge >= 0.3 is 0 Å². The van der Waals surface area contributed by atoms with Crippen molar-refractivity contribution in [1.29, 1.82) is 0 Å². The van der Waals surface area contributed by atoms with Crippen LogP contribution in [-0.2, 0) is 11.2 Å². The molecule has 0 spiro atoms. The smallest absolute Gasteiger partial charge is 0.293 e. The monoisotopic (exact) mass is 364 g/mol. The minimum Gasteiger partial charge on any atom is -0.459 e. The lowest BCUT2D eigenvalue weighted by atomic mass is 10.1. The van der Waals surface area contributed by atoms with Gasteiger partial charge in [-0.25, -0.2) is 0 Å². The van der Waals surface area contributed by atoms with E-state index in [2.05, 4.69) is 15.3 Å². The summed E-state index contributed by atoms with van der Waals surface area (Å²) in [6.45, 7) is 1.22. The van der Waals surface area contributed by atoms with Crippen molar-refractivity contribution in [3.8, 4) is 11.7 Å². The molecule has 1 aliphatic heterocycles. The number of fused-ring (bicyclic) bond motifs is 1. The summed E-state index contributed by atoms with van der Waals surface area (Å²) in [5.74, 6) is 1.57. The Morgan fingerprint density at radius 2 is 2.07 bits per heavy atom. The van der Waals surface area contributed by atoms with Gasteiger partial charge in [0, 0.05) is 24.4 Å². The van der Waals surface area contributed by atoms with Crippen molar-refractivity contribution < 1.29 is 18.3 Å². The Kier molecular flexibility index (Phi) is 3.74. The fraction of sp³-hybridized carbons (Fsp3) is 0.263. The molecular formula is C19H16N4O4. The van der Waals surface area contributed by atoms with Gasteiger partial charge in [-0.3, -0.25) is 4.79 Å². The standard InChI is InChI=1S/C19H16N4O4/c24-17(10-14-13-4-1-2-5-15(13)26-21-14)23-8-7-12(11-23)18-20-19(27-22-18)16-6-3-9-25-16/h1-6,9,12H,7-8,10-11H2/t12-/m0/s1. The molecule has 0 bridgehead atoms. The fourth-order valence-electron chi connectivity index (χ4n) is 3.42. The minimum absolute atomic E-state index is 0.0197. The van der Waals surface area contributed by atoms with E-state index in [-0.39, 0.29) is 18.2 Å². The van der Waals surface area contributed by atoms with Gasteiger partial charge in [-0.05, 0) is 30.7 Å². The summed E-state index contributed by atoms with van der Waals surface area (Å²) in [6.07, 6.45) is 2.57. The van der Waals surface area contributed by atoms with Gasteiger partial charge in [-0.2, -0.15) is 4.98 Å². The zero-order chi connectivity index (χ0) is 18.2. The maximum Gasteiger partial charge on any atom is 0.293 e. The molecule has 1 aromatic carbocycles. The quantitative estimate of drug-likeness (QED) is 0.549. The maximum atomic E-state index is 12.7. The number of benzene rings is 1. The van der Waals surface area contributed by atoms with Gasteiger partial charge in [0.1, 0.15) is 5.69 Å². The maximum absolute atomic E-state index is 12.7. The number of likely N-dealkylation sites (tertiary alicyclic amines) is 1. The van der Waals surface area contributed by atoms with Crippen LogP contribution in [0, 0.1) is 0 Å². The first-order valence-corrected chi connectivity index (χ1v) is 8.76. The van der Waals surface area contributed by atoms with E-state index in [1.165, 1.54) is 0 Å². The Bertz CT molecular complexity index is 1080. The van der Waals surface area contributed by atoms with E-state index in [1.54, 1.807) is 18.4 Å². The second-order valence-corrected chi connectivity index (χ2v) is 6.56. The second kappa shape index (κ2) is 6.39. The third-order valence-corrected chi connectivity index (χ3v) is 4.85. The van der Waals surface area contributed by atoms with Crippen molar-refractivity contribution in [1.82, 2.24) is 20.2 Å². The number of para-hydroxylation sites is 1. The van der Waals surface area contributed by atoms with Gasteiger partial charge in [-0.15, -0.1) is 0 Å². The van der Waals surface area contributed by atoms with E-state index in [1.807, 2.05) is 29.2 Å². The molecule has 8 nitrogen and oxygen atoms in total. The lowest BCUT2D eigenvalue weighted by molar-refractivity contribution is -0.129. The summed E-state index contributed by atoms with van der Waals surface area (Å²) in [5.41, 5.74) is 1.36. The van der Waals surface area contributed by atoms with Gasteiger partial charge in [0.2, 0.25) is 5.91 Å². The summed E-state index contributed by atoms with van der Waals surface area (Å²) in [5, 5.41) is 8.97. The largest absolute Gasteiger partial charge is 0.459 e. The molecule has 0 aliphatic carbocycles. The van der Waals surface area contributed by atoms with E-state index < -0.39 is 0 Å². The van der Waals surface area contributed by atoms with Crippen LogP contribution in [0.1, 0.15) is 23.9 Å². The topological polar surface area (TPSA) is 98.4 Å². The molecule has 5 rings (SSSR count). The highest BCUT2D eigenvalue weighted by molar-refractivity contribution is 5.86. The zero-order valence-corrected chi connectivity index (χ0v) is 14.4. The van der Waals surface area contributed by atoms with Crippen LogP contribution in [0.3, 0.4) is 0 Å². The number of aromatic nitrogens is 3. The molecule has 4 aromatic rings. The minimum atomic E-state index is 0.0197. The Labute approximate surface area is 153 Å². The number of hydrogen-bond acceptors (Lipinski definition) is 7. The van der Waals surface area contributed by atoms with Gasteiger partial charge in [-0.1, -0.05) is 22.4 Å². The van der Waals surface area contributed by atoms with Crippen LogP contribution in [0.5, 0.6) is 0 Å². The Hall–Kier alpha value is -3.42. The molecular weight excluding hydrogens is 348 g/mol. The van der Waals surface area contributed by atoms with Crippen molar-refractivity contribution in [2.75, 3.05) is 13.1 Å². The lowest BCUT2D eigenvalue weighted by Crippen LogP contribution is -2.30. The third-order valence-electron chi connectivity index (χ3n) is 4.85. The average Bonchev–Trinajstić information content (AvgIpc) is 3.47. The van der Waals surface area contributed by atoms with Crippen LogP contribution in [0.25, 0.3) is 22.6 Å². The van der Waals surface area contributed by atoms with Crippen molar-refractivity contribution in [3.63, 3.8) is 0 Å². The molecule has 1 aliphatic rings. The average molecular weight is 364 g/mol. The third kappa shape index (κ3) is 2.88. The molecule has 0 radical (unpaired) electrons. The van der Waals surface area contributed by atoms with Crippen LogP contribution in [0.15, 0.2) is 56.1 Å². The first kappa shape index (κ1) is 15.8. The predicted molar refractivity (Wildman–Crippen MR) is 93.7 cm³/mol. The second-order valence-electron chi connectivity index (χ2n) is 6.56. The van der Waals surface area contributed by atoms with E-state index in [4.69, 9.17) is 13.5 Å². The van der Waals surface area contributed by atoms with Crippen molar-refractivity contribution in [2.45, 2.75) is 18.8 Å². The number of carbonyl (C=O) groups excluding carboxylic acids is 1. The SMILES string of the molecule is O=C(Cc1noc2ccccc12)N1CC[C@H](c2noc(-c3ccco3)n2)C1. The molecule has 1 amide bonds. The summed E-state index contributed by atoms with van der Waals surface area (Å²) in [7, 11) is 0. The first-order chi connectivity index (χ1) is 13.3. The van der Waals surface area contributed by atoms with Gasteiger partial charge in [0.15, 0.2) is 17.2 Å². The molecule has 8 heteroatoms. The Balaban J connectivity index is 1.27. The highest BCUT2D eigenvalue weighted by Gasteiger charge is 2.31. The van der Waals surface area contributed by atoms with Crippen molar-refractivity contribution in [2.24, 2.45) is 0 Å². The normalized spacial score (nSPS) is 17.0. The van der Waals surface area contributed by atoms with Crippen molar-refractivity contribution >= 4 is 16.9 Å². The van der Waals surface area contributed by atoms with Crippen LogP contribution >= 0.6 is 0 Å². The van der Waals surface area contributed by atoms with Gasteiger partial charge < -0.3 is 18.4 Å². The van der Waals surface area contributed by atoms with Crippen LogP contribution in [0.2, 0.25) is 0 Å². The van der Waals surface area contributed by atoms with Crippen LogP contribution in [-0.4, -0.2) is 39.2 Å². The number of carbonyl (C=O) groups is 1. The van der Waals surface area contributed by atoms with Gasteiger partial charge in [0.25, 0.3) is 5.89 Å². The Morgan fingerprint density at radius 3 is 2.96 bits per heavy atom. The van der Waals surface area contributed by atoms with E-state index >= 15 is 0 Å². The molecule has 0 N–H and O–H groups in total. The van der Waals surface area contributed by atoms with Crippen LogP contribution < -0.4 is 0 Å². The number of hydrogen-bond donors (Lipinski definition) is 0. The fourth-order valence-corrected chi connectivity index (χ4v) is 3.42. The first-order valence-electron chi connectivity index (χ1n) is 8.76. The van der Waals surface area contributed by atoms with E-state index in [9.17, 15) is 4.79 Å². The highest BCUT2D eigenvalue weighted by atomic mass is 16.5. The summed E-state index contributed by atoms with van der Waals surface area (Å²) >= 11 is 0. The molecule has 136 valence electrons. The van der Waals surface area contributed by atoms with Crippen LogP contribution in [0.4, 0.5) is 0 Å². The van der Waals surface area contributed by atoms with E-state index in [0.717, 1.165) is 11.8 Å². The molecule has 0 saturated carbocycles. The molecule has 3 aromatic heterocycles. The number of nitrogens with zero attached hydrogens (tertiary/aromatic N) is 4. The lowest BCUT2D eigenvalue weighted by Gasteiger charge is -2.15. The summed E-state index contributed by atoms with van der Waals surface area (Å²) in [6, 6.07) is 11.1. The van der Waals surface area contributed by atoms with Crippen molar-refractivity contribution in [3.05, 3.63) is 54.2 Å². The molecule has 0 unspecified atom stereocenters. The Morgan fingerprint density at radius 1 is 1.15 bits per heavy atom. The van der Waals surface area contributed by atoms with Gasteiger partial charge in [0.05, 0.1) is 12.7 Å². The molecule has 1 fully saturated rings. The van der Waals surface area contributed by atoms with E-state index in [0.29, 0.717) is 41.8 Å². The number of furan rings is 1. The highest BCUT2D eigenvalue weighted by Crippen LogP contribution is 2.28. The molecule has 27 heavy (non-hydrogen) atoms. The molecule has 1 saturated heterocycles. The predicted octanol–water partition coefficient (Wildman–Crippen LogP) is 3.03. The summed E-state index contributed by atoms with van der Waals surface area (Å²) in [4.78, 5) is 18.9. The molecule has 1 atom stereocenters. The number of rotatable bonds is 4. The molecule has 4 heterocycles. The number of amides is 1. The zero-order valence-electron chi connectivity index (χ0n) is 14.4.